The van der Waals surface area contributed by atoms with E-state index in [0.29, 0.717) is 32.8 Å². The average molecular weight is 317 g/mol. The molecule has 4 rings (SSSR count). The lowest BCUT2D eigenvalue weighted by Gasteiger charge is -2.23. The summed E-state index contributed by atoms with van der Waals surface area (Å²) in [6, 6.07) is 5.96. The van der Waals surface area contributed by atoms with Crippen LogP contribution in [0.5, 0.6) is 11.5 Å². The average Bonchev–Trinajstić information content (AvgIpc) is 3.15. The van der Waals surface area contributed by atoms with Crippen LogP contribution in [-0.2, 0) is 22.4 Å². The molecule has 1 saturated heterocycles. The molecule has 2 aromatic rings. The monoisotopic (exact) mass is 317 g/mol. The second-order valence-corrected chi connectivity index (χ2v) is 5.69. The van der Waals surface area contributed by atoms with E-state index in [-0.39, 0.29) is 12.9 Å². The van der Waals surface area contributed by atoms with Gasteiger partial charge in [-0.25, -0.2) is 9.67 Å². The van der Waals surface area contributed by atoms with Crippen LogP contribution < -0.4 is 9.47 Å². The molecule has 1 fully saturated rings. The number of rotatable bonds is 4. The SMILES string of the molecule is Cc1nc(Cc2ccc3c(c2)OCO3)n(C[C@@H]2COCCO2)n1. The third-order valence-electron chi connectivity index (χ3n) is 3.91. The van der Waals surface area contributed by atoms with Gasteiger partial charge in [0, 0.05) is 6.42 Å². The van der Waals surface area contributed by atoms with Crippen LogP contribution in [0.2, 0.25) is 0 Å². The molecule has 0 radical (unpaired) electrons. The fourth-order valence-electron chi connectivity index (χ4n) is 2.84. The number of hydrogen-bond donors (Lipinski definition) is 0. The molecule has 1 aromatic carbocycles. The summed E-state index contributed by atoms with van der Waals surface area (Å²) < 4.78 is 23.9. The Morgan fingerprint density at radius 3 is 3.00 bits per heavy atom. The van der Waals surface area contributed by atoms with Crippen molar-refractivity contribution in [1.82, 2.24) is 14.8 Å². The number of fused-ring (bicyclic) bond motifs is 1. The quantitative estimate of drug-likeness (QED) is 0.847. The van der Waals surface area contributed by atoms with Crippen molar-refractivity contribution >= 4 is 0 Å². The zero-order valence-corrected chi connectivity index (χ0v) is 13.0. The van der Waals surface area contributed by atoms with E-state index in [1.165, 1.54) is 0 Å². The number of ether oxygens (including phenoxy) is 4. The summed E-state index contributed by atoms with van der Waals surface area (Å²) in [7, 11) is 0. The smallest absolute Gasteiger partial charge is 0.231 e. The van der Waals surface area contributed by atoms with E-state index in [0.717, 1.165) is 28.7 Å². The Labute approximate surface area is 134 Å². The van der Waals surface area contributed by atoms with Crippen molar-refractivity contribution in [3.8, 4) is 11.5 Å². The summed E-state index contributed by atoms with van der Waals surface area (Å²) in [5, 5.41) is 4.49. The van der Waals surface area contributed by atoms with E-state index in [1.54, 1.807) is 0 Å². The summed E-state index contributed by atoms with van der Waals surface area (Å²) in [4.78, 5) is 4.55. The zero-order valence-electron chi connectivity index (χ0n) is 13.0. The van der Waals surface area contributed by atoms with Gasteiger partial charge in [-0.2, -0.15) is 5.10 Å². The van der Waals surface area contributed by atoms with Crippen LogP contribution in [0, 0.1) is 6.92 Å². The Kier molecular flexibility index (Phi) is 3.88. The number of hydrogen-bond acceptors (Lipinski definition) is 6. The second kappa shape index (κ2) is 6.17. The Hall–Kier alpha value is -2.12. The lowest BCUT2D eigenvalue weighted by Crippen LogP contribution is -2.33. The van der Waals surface area contributed by atoms with Crippen LogP contribution in [0.4, 0.5) is 0 Å². The van der Waals surface area contributed by atoms with Gasteiger partial charge in [-0.15, -0.1) is 0 Å². The molecule has 1 atom stereocenters. The minimum atomic E-state index is 0.0281. The van der Waals surface area contributed by atoms with Gasteiger partial charge >= 0.3 is 0 Å². The van der Waals surface area contributed by atoms with E-state index in [4.69, 9.17) is 18.9 Å². The number of nitrogens with zero attached hydrogens (tertiary/aromatic N) is 3. The summed E-state index contributed by atoms with van der Waals surface area (Å²) in [6.45, 7) is 4.74. The Morgan fingerprint density at radius 1 is 1.22 bits per heavy atom. The standard InChI is InChI=1S/C16H19N3O4/c1-11-17-16(19(18-11)8-13-9-20-4-5-21-13)7-12-2-3-14-15(6-12)23-10-22-14/h2-3,6,13H,4-5,7-10H2,1H3/t13-/m1/s1. The molecule has 122 valence electrons. The molecule has 2 aliphatic rings. The van der Waals surface area contributed by atoms with Gasteiger partial charge in [-0.05, 0) is 24.6 Å². The highest BCUT2D eigenvalue weighted by atomic mass is 16.7. The van der Waals surface area contributed by atoms with E-state index >= 15 is 0 Å². The molecule has 0 aliphatic carbocycles. The van der Waals surface area contributed by atoms with Crippen molar-refractivity contribution in [3.63, 3.8) is 0 Å². The number of aromatic nitrogens is 3. The van der Waals surface area contributed by atoms with Gasteiger partial charge in [0.15, 0.2) is 11.5 Å². The molecule has 1 aromatic heterocycles. The number of benzene rings is 1. The maximum absolute atomic E-state index is 5.71. The van der Waals surface area contributed by atoms with Gasteiger partial charge in [0.05, 0.1) is 26.4 Å². The molecule has 7 heteroatoms. The molecule has 2 aliphatic heterocycles. The van der Waals surface area contributed by atoms with Crippen LogP contribution in [0.15, 0.2) is 18.2 Å². The van der Waals surface area contributed by atoms with Crippen molar-refractivity contribution < 1.29 is 18.9 Å². The molecule has 0 saturated carbocycles. The minimum Gasteiger partial charge on any atom is -0.454 e. The largest absolute Gasteiger partial charge is 0.454 e. The highest BCUT2D eigenvalue weighted by Gasteiger charge is 2.19. The molecule has 23 heavy (non-hydrogen) atoms. The topological polar surface area (TPSA) is 67.6 Å². The Morgan fingerprint density at radius 2 is 2.13 bits per heavy atom. The maximum atomic E-state index is 5.71. The summed E-state index contributed by atoms with van der Waals surface area (Å²) in [5.74, 6) is 3.25. The van der Waals surface area contributed by atoms with Crippen molar-refractivity contribution in [2.24, 2.45) is 0 Å². The van der Waals surface area contributed by atoms with Crippen molar-refractivity contribution in [3.05, 3.63) is 35.4 Å². The molecule has 0 bridgehead atoms. The predicted octanol–water partition coefficient (Wildman–Crippen LogP) is 1.32. The van der Waals surface area contributed by atoms with Gasteiger partial charge in [0.25, 0.3) is 0 Å². The third-order valence-corrected chi connectivity index (χ3v) is 3.91. The first-order valence-corrected chi connectivity index (χ1v) is 7.76. The second-order valence-electron chi connectivity index (χ2n) is 5.69. The molecular weight excluding hydrogens is 298 g/mol. The van der Waals surface area contributed by atoms with Crippen molar-refractivity contribution in [1.29, 1.82) is 0 Å². The van der Waals surface area contributed by atoms with E-state index in [2.05, 4.69) is 10.1 Å². The van der Waals surface area contributed by atoms with Crippen LogP contribution in [0.3, 0.4) is 0 Å². The highest BCUT2D eigenvalue weighted by Crippen LogP contribution is 2.33. The number of aryl methyl sites for hydroxylation is 1. The predicted molar refractivity (Wildman–Crippen MR) is 80.7 cm³/mol. The molecular formula is C16H19N3O4. The third kappa shape index (κ3) is 3.16. The Bertz CT molecular complexity index is 695. The van der Waals surface area contributed by atoms with Crippen molar-refractivity contribution in [2.75, 3.05) is 26.6 Å². The molecule has 0 N–H and O–H groups in total. The van der Waals surface area contributed by atoms with Crippen LogP contribution in [0.1, 0.15) is 17.2 Å². The normalized spacial score (nSPS) is 20.0. The fourth-order valence-corrected chi connectivity index (χ4v) is 2.84. The first-order chi connectivity index (χ1) is 11.3. The van der Waals surface area contributed by atoms with Gasteiger partial charge < -0.3 is 18.9 Å². The van der Waals surface area contributed by atoms with E-state index < -0.39 is 0 Å². The van der Waals surface area contributed by atoms with E-state index in [9.17, 15) is 0 Å². The zero-order chi connectivity index (χ0) is 15.6. The molecule has 7 nitrogen and oxygen atoms in total. The highest BCUT2D eigenvalue weighted by molar-refractivity contribution is 5.45. The fraction of sp³-hybridized carbons (Fsp3) is 0.500. The van der Waals surface area contributed by atoms with Crippen LogP contribution >= 0.6 is 0 Å². The first kappa shape index (κ1) is 14.5. The van der Waals surface area contributed by atoms with Gasteiger partial charge in [-0.3, -0.25) is 0 Å². The summed E-state index contributed by atoms with van der Waals surface area (Å²) in [6.07, 6.45) is 0.714. The van der Waals surface area contributed by atoms with Crippen LogP contribution in [-0.4, -0.2) is 47.5 Å². The lowest BCUT2D eigenvalue weighted by molar-refractivity contribution is -0.0948. The first-order valence-electron chi connectivity index (χ1n) is 7.76. The molecule has 0 amide bonds. The van der Waals surface area contributed by atoms with Crippen molar-refractivity contribution in [2.45, 2.75) is 26.0 Å². The Balaban J connectivity index is 1.52. The summed E-state index contributed by atoms with van der Waals surface area (Å²) >= 11 is 0. The lowest BCUT2D eigenvalue weighted by atomic mass is 10.1. The minimum absolute atomic E-state index is 0.0281. The molecule has 0 spiro atoms. The van der Waals surface area contributed by atoms with Gasteiger partial charge in [0.2, 0.25) is 6.79 Å². The molecule has 3 heterocycles. The van der Waals surface area contributed by atoms with Crippen LogP contribution in [0.25, 0.3) is 0 Å². The van der Waals surface area contributed by atoms with Gasteiger partial charge in [-0.1, -0.05) is 6.07 Å². The van der Waals surface area contributed by atoms with Gasteiger partial charge in [0.1, 0.15) is 17.8 Å². The maximum Gasteiger partial charge on any atom is 0.231 e. The molecule has 0 unspecified atom stereocenters. The summed E-state index contributed by atoms with van der Waals surface area (Å²) in [5.41, 5.74) is 1.11. The van der Waals surface area contributed by atoms with E-state index in [1.807, 2.05) is 29.8 Å².